The topological polar surface area (TPSA) is 42.0 Å². The molecule has 1 aromatic carbocycles. The number of hydrogen-bond acceptors (Lipinski definition) is 3. The third kappa shape index (κ3) is 4.32. The predicted molar refractivity (Wildman–Crippen MR) is 79.5 cm³/mol. The molecule has 0 fully saturated rings. The second-order valence-corrected chi connectivity index (χ2v) is 5.94. The SMILES string of the molecule is CC(C)c1csc(CCC(=O)Nc2ccc(F)c(F)c2)n1. The van der Waals surface area contributed by atoms with Crippen molar-refractivity contribution in [2.24, 2.45) is 0 Å². The van der Waals surface area contributed by atoms with Gasteiger partial charge >= 0.3 is 0 Å². The van der Waals surface area contributed by atoms with Crippen LogP contribution in [0.1, 0.15) is 36.9 Å². The van der Waals surface area contributed by atoms with Crippen molar-refractivity contribution in [2.45, 2.75) is 32.6 Å². The Morgan fingerprint density at radius 1 is 1.33 bits per heavy atom. The van der Waals surface area contributed by atoms with Crippen LogP contribution in [0.15, 0.2) is 23.6 Å². The highest BCUT2D eigenvalue weighted by Crippen LogP contribution is 2.19. The van der Waals surface area contributed by atoms with Crippen molar-refractivity contribution in [1.29, 1.82) is 0 Å². The van der Waals surface area contributed by atoms with Crippen molar-refractivity contribution in [1.82, 2.24) is 4.98 Å². The van der Waals surface area contributed by atoms with Crippen LogP contribution in [0.2, 0.25) is 0 Å². The molecule has 112 valence electrons. The maximum absolute atomic E-state index is 13.0. The first-order valence-corrected chi connectivity index (χ1v) is 7.53. The lowest BCUT2D eigenvalue weighted by Gasteiger charge is -2.05. The van der Waals surface area contributed by atoms with E-state index in [2.05, 4.69) is 24.1 Å². The fourth-order valence-corrected chi connectivity index (χ4v) is 2.68. The molecule has 2 aromatic rings. The van der Waals surface area contributed by atoms with Gasteiger partial charge in [0.2, 0.25) is 5.91 Å². The van der Waals surface area contributed by atoms with Crippen LogP contribution in [0.4, 0.5) is 14.5 Å². The molecule has 0 bridgehead atoms. The minimum absolute atomic E-state index is 0.248. The molecular formula is C15H16F2N2OS. The molecule has 1 heterocycles. The normalized spacial score (nSPS) is 10.9. The first-order chi connectivity index (χ1) is 9.95. The van der Waals surface area contributed by atoms with E-state index >= 15 is 0 Å². The van der Waals surface area contributed by atoms with E-state index < -0.39 is 11.6 Å². The molecule has 3 nitrogen and oxygen atoms in total. The molecule has 0 atom stereocenters. The largest absolute Gasteiger partial charge is 0.326 e. The van der Waals surface area contributed by atoms with Gasteiger partial charge in [-0.1, -0.05) is 13.8 Å². The summed E-state index contributed by atoms with van der Waals surface area (Å²) in [4.78, 5) is 16.2. The highest BCUT2D eigenvalue weighted by molar-refractivity contribution is 7.09. The van der Waals surface area contributed by atoms with Gasteiger partial charge in [-0.05, 0) is 18.1 Å². The third-order valence-electron chi connectivity index (χ3n) is 2.93. The van der Waals surface area contributed by atoms with Crippen molar-refractivity contribution in [2.75, 3.05) is 5.32 Å². The maximum Gasteiger partial charge on any atom is 0.224 e. The molecule has 0 aliphatic heterocycles. The zero-order chi connectivity index (χ0) is 15.4. The number of thiazole rings is 1. The van der Waals surface area contributed by atoms with Gasteiger partial charge in [0, 0.05) is 30.0 Å². The highest BCUT2D eigenvalue weighted by Gasteiger charge is 2.09. The number of nitrogens with one attached hydrogen (secondary N) is 1. The molecule has 0 aliphatic rings. The van der Waals surface area contributed by atoms with E-state index in [0.29, 0.717) is 12.3 Å². The van der Waals surface area contributed by atoms with E-state index in [1.165, 1.54) is 17.4 Å². The van der Waals surface area contributed by atoms with Gasteiger partial charge in [-0.25, -0.2) is 13.8 Å². The van der Waals surface area contributed by atoms with E-state index in [4.69, 9.17) is 0 Å². The molecule has 1 aromatic heterocycles. The Balaban J connectivity index is 1.88. The fraction of sp³-hybridized carbons (Fsp3) is 0.333. The summed E-state index contributed by atoms with van der Waals surface area (Å²) in [6.07, 6.45) is 0.789. The average molecular weight is 310 g/mol. The van der Waals surface area contributed by atoms with E-state index in [9.17, 15) is 13.6 Å². The van der Waals surface area contributed by atoms with Crippen molar-refractivity contribution in [3.05, 3.63) is 45.9 Å². The molecular weight excluding hydrogens is 294 g/mol. The molecule has 21 heavy (non-hydrogen) atoms. The Kier molecular flexibility index (Phi) is 5.01. The Morgan fingerprint density at radius 3 is 2.71 bits per heavy atom. The number of carbonyl (C=O) groups excluding carboxylic acids is 1. The summed E-state index contributed by atoms with van der Waals surface area (Å²) in [6, 6.07) is 3.28. The number of halogens is 2. The Hall–Kier alpha value is -1.82. The standard InChI is InChI=1S/C15H16F2N2OS/c1-9(2)13-8-21-15(19-13)6-5-14(20)18-10-3-4-11(16)12(17)7-10/h3-4,7-9H,5-6H2,1-2H3,(H,18,20). The number of aryl methyl sites for hydroxylation is 1. The van der Waals surface area contributed by atoms with Crippen molar-refractivity contribution >= 4 is 22.9 Å². The van der Waals surface area contributed by atoms with Gasteiger partial charge in [0.15, 0.2) is 11.6 Å². The lowest BCUT2D eigenvalue weighted by molar-refractivity contribution is -0.116. The van der Waals surface area contributed by atoms with Crippen LogP contribution >= 0.6 is 11.3 Å². The van der Waals surface area contributed by atoms with Gasteiger partial charge < -0.3 is 5.32 Å². The average Bonchev–Trinajstić information content (AvgIpc) is 2.90. The van der Waals surface area contributed by atoms with E-state index in [1.807, 2.05) is 5.38 Å². The first-order valence-electron chi connectivity index (χ1n) is 6.65. The number of aromatic nitrogens is 1. The summed E-state index contributed by atoms with van der Waals surface area (Å²) in [6.45, 7) is 4.13. The van der Waals surface area contributed by atoms with Crippen LogP contribution in [0.5, 0.6) is 0 Å². The van der Waals surface area contributed by atoms with E-state index in [1.54, 1.807) is 0 Å². The number of carbonyl (C=O) groups is 1. The number of benzene rings is 1. The van der Waals surface area contributed by atoms with Crippen LogP contribution in [-0.2, 0) is 11.2 Å². The predicted octanol–water partition coefficient (Wildman–Crippen LogP) is 4.12. The van der Waals surface area contributed by atoms with Crippen LogP contribution < -0.4 is 5.32 Å². The zero-order valence-corrected chi connectivity index (χ0v) is 12.6. The number of nitrogens with zero attached hydrogens (tertiary/aromatic N) is 1. The Morgan fingerprint density at radius 2 is 2.10 bits per heavy atom. The quantitative estimate of drug-likeness (QED) is 0.902. The molecule has 6 heteroatoms. The molecule has 1 amide bonds. The highest BCUT2D eigenvalue weighted by atomic mass is 32.1. The summed E-state index contributed by atoms with van der Waals surface area (Å²) in [7, 11) is 0. The van der Waals surface area contributed by atoms with Gasteiger partial charge in [-0.3, -0.25) is 4.79 Å². The number of amides is 1. The third-order valence-corrected chi connectivity index (χ3v) is 3.86. The summed E-state index contributed by atoms with van der Waals surface area (Å²) < 4.78 is 25.8. The smallest absolute Gasteiger partial charge is 0.224 e. The molecule has 0 saturated carbocycles. The van der Waals surface area contributed by atoms with Crippen LogP contribution in [0.25, 0.3) is 0 Å². The summed E-state index contributed by atoms with van der Waals surface area (Å²) in [5.41, 5.74) is 1.27. The van der Waals surface area contributed by atoms with Gasteiger partial charge in [0.05, 0.1) is 10.7 Å². The zero-order valence-electron chi connectivity index (χ0n) is 11.8. The second kappa shape index (κ2) is 6.76. The minimum atomic E-state index is -0.978. The molecule has 0 spiro atoms. The van der Waals surface area contributed by atoms with Crippen molar-refractivity contribution in [3.63, 3.8) is 0 Å². The lowest BCUT2D eigenvalue weighted by atomic mass is 10.2. The first kappa shape index (κ1) is 15.6. The minimum Gasteiger partial charge on any atom is -0.326 e. The Labute approximate surface area is 126 Å². The monoisotopic (exact) mass is 310 g/mol. The second-order valence-electron chi connectivity index (χ2n) is 5.00. The summed E-state index contributed by atoms with van der Waals surface area (Å²) in [5.74, 6) is -1.79. The molecule has 0 saturated heterocycles. The Bertz CT molecular complexity index is 640. The van der Waals surface area contributed by atoms with Crippen LogP contribution in [-0.4, -0.2) is 10.9 Å². The molecule has 0 aliphatic carbocycles. The van der Waals surface area contributed by atoms with Gasteiger partial charge in [-0.2, -0.15) is 0 Å². The molecule has 2 rings (SSSR count). The van der Waals surface area contributed by atoms with Gasteiger partial charge in [0.1, 0.15) is 0 Å². The van der Waals surface area contributed by atoms with Crippen molar-refractivity contribution < 1.29 is 13.6 Å². The lowest BCUT2D eigenvalue weighted by Crippen LogP contribution is -2.12. The van der Waals surface area contributed by atoms with Crippen molar-refractivity contribution in [3.8, 4) is 0 Å². The number of anilines is 1. The van der Waals surface area contributed by atoms with Gasteiger partial charge in [0.25, 0.3) is 0 Å². The summed E-state index contributed by atoms with van der Waals surface area (Å²) >= 11 is 1.53. The van der Waals surface area contributed by atoms with Crippen LogP contribution in [0, 0.1) is 11.6 Å². The van der Waals surface area contributed by atoms with Crippen LogP contribution in [0.3, 0.4) is 0 Å². The fourth-order valence-electron chi connectivity index (χ4n) is 1.72. The summed E-state index contributed by atoms with van der Waals surface area (Å²) in [5, 5.41) is 5.44. The molecule has 1 N–H and O–H groups in total. The molecule has 0 radical (unpaired) electrons. The van der Waals surface area contributed by atoms with Gasteiger partial charge in [-0.15, -0.1) is 11.3 Å². The maximum atomic E-state index is 13.0. The van der Waals surface area contributed by atoms with E-state index in [-0.39, 0.29) is 18.0 Å². The van der Waals surface area contributed by atoms with E-state index in [0.717, 1.165) is 22.8 Å². The number of hydrogen-bond donors (Lipinski definition) is 1. The molecule has 0 unspecified atom stereocenters. The number of rotatable bonds is 5.